The number of rotatable bonds is 8. The molecule has 0 bridgehead atoms. The van der Waals surface area contributed by atoms with E-state index >= 15 is 0 Å². The lowest BCUT2D eigenvalue weighted by molar-refractivity contribution is -0.123. The van der Waals surface area contributed by atoms with E-state index in [0.29, 0.717) is 23.9 Å². The molecule has 0 radical (unpaired) electrons. The van der Waals surface area contributed by atoms with Gasteiger partial charge in [-0.25, -0.2) is 0 Å². The molecule has 1 aliphatic rings. The highest BCUT2D eigenvalue weighted by Gasteiger charge is 2.35. The standard InChI is InChI=1S/C25H20BrNO4S/c26-20-12-10-18(11-13-20)17-27-24(28)23(32-25(27)29)16-19-6-4-5-9-22(19)31-15-14-30-21-7-2-1-3-8-21/h1-13,16H,14-15,17H2/b23-16+. The maximum atomic E-state index is 12.9. The van der Waals surface area contributed by atoms with Crippen LogP contribution < -0.4 is 9.47 Å². The number of carbonyl (C=O) groups is 2. The molecule has 1 heterocycles. The first-order chi connectivity index (χ1) is 15.6. The second kappa shape index (κ2) is 10.5. The molecule has 0 atom stereocenters. The van der Waals surface area contributed by atoms with E-state index in [9.17, 15) is 9.59 Å². The van der Waals surface area contributed by atoms with Crippen molar-refractivity contribution in [1.82, 2.24) is 4.90 Å². The summed E-state index contributed by atoms with van der Waals surface area (Å²) in [6.45, 7) is 0.983. The van der Waals surface area contributed by atoms with Crippen LogP contribution in [-0.2, 0) is 11.3 Å². The molecule has 1 fully saturated rings. The fraction of sp³-hybridized carbons (Fsp3) is 0.120. The molecule has 2 amide bonds. The Bertz CT molecular complexity index is 1130. The van der Waals surface area contributed by atoms with Crippen LogP contribution in [0.2, 0.25) is 0 Å². The molecule has 32 heavy (non-hydrogen) atoms. The molecule has 0 spiro atoms. The third-order valence-electron chi connectivity index (χ3n) is 4.69. The van der Waals surface area contributed by atoms with Crippen molar-refractivity contribution in [2.75, 3.05) is 13.2 Å². The Morgan fingerprint density at radius 1 is 0.844 bits per heavy atom. The minimum atomic E-state index is -0.301. The fourth-order valence-corrected chi connectivity index (χ4v) is 4.20. The predicted molar refractivity (Wildman–Crippen MR) is 130 cm³/mol. The molecule has 3 aromatic carbocycles. The van der Waals surface area contributed by atoms with Gasteiger partial charge in [0.05, 0.1) is 11.4 Å². The van der Waals surface area contributed by atoms with Crippen molar-refractivity contribution in [1.29, 1.82) is 0 Å². The summed E-state index contributed by atoms with van der Waals surface area (Å²) >= 11 is 4.33. The summed E-state index contributed by atoms with van der Waals surface area (Å²) in [5.41, 5.74) is 1.63. The highest BCUT2D eigenvalue weighted by Crippen LogP contribution is 2.35. The lowest BCUT2D eigenvalue weighted by Crippen LogP contribution is -2.27. The van der Waals surface area contributed by atoms with Gasteiger partial charge in [0.2, 0.25) is 0 Å². The minimum Gasteiger partial charge on any atom is -0.490 e. The second-order valence-corrected chi connectivity index (χ2v) is 8.85. The summed E-state index contributed by atoms with van der Waals surface area (Å²) in [7, 11) is 0. The highest BCUT2D eigenvalue weighted by atomic mass is 79.9. The van der Waals surface area contributed by atoms with Crippen molar-refractivity contribution in [3.05, 3.63) is 99.4 Å². The van der Waals surface area contributed by atoms with Gasteiger partial charge in [-0.1, -0.05) is 64.5 Å². The fourth-order valence-electron chi connectivity index (χ4n) is 3.11. The molecular weight excluding hydrogens is 490 g/mol. The van der Waals surface area contributed by atoms with Gasteiger partial charge in [-0.15, -0.1) is 0 Å². The zero-order valence-corrected chi connectivity index (χ0v) is 19.5. The van der Waals surface area contributed by atoms with Crippen LogP contribution in [0, 0.1) is 0 Å². The summed E-state index contributed by atoms with van der Waals surface area (Å²) in [4.78, 5) is 27.0. The number of carbonyl (C=O) groups excluding carboxylic acids is 2. The topological polar surface area (TPSA) is 55.8 Å². The van der Waals surface area contributed by atoms with Crippen LogP contribution in [0.1, 0.15) is 11.1 Å². The van der Waals surface area contributed by atoms with E-state index < -0.39 is 0 Å². The Balaban J connectivity index is 1.41. The maximum absolute atomic E-state index is 12.9. The number of ether oxygens (including phenoxy) is 2. The van der Waals surface area contributed by atoms with Gasteiger partial charge in [0.25, 0.3) is 11.1 Å². The van der Waals surface area contributed by atoms with E-state index in [2.05, 4.69) is 15.9 Å². The average Bonchev–Trinajstić information content (AvgIpc) is 3.07. The Morgan fingerprint density at radius 3 is 2.31 bits per heavy atom. The number of para-hydroxylation sites is 2. The van der Waals surface area contributed by atoms with Crippen LogP contribution in [0.3, 0.4) is 0 Å². The van der Waals surface area contributed by atoms with Crippen LogP contribution in [0.25, 0.3) is 6.08 Å². The molecule has 1 aliphatic heterocycles. The van der Waals surface area contributed by atoms with E-state index in [4.69, 9.17) is 9.47 Å². The average molecular weight is 510 g/mol. The van der Waals surface area contributed by atoms with Crippen molar-refractivity contribution in [3.63, 3.8) is 0 Å². The van der Waals surface area contributed by atoms with Crippen molar-refractivity contribution >= 4 is 44.9 Å². The Hall–Kier alpha value is -3.03. The van der Waals surface area contributed by atoms with Gasteiger partial charge in [-0.05, 0) is 53.7 Å². The van der Waals surface area contributed by atoms with E-state index in [1.54, 1.807) is 6.08 Å². The molecule has 4 rings (SSSR count). The summed E-state index contributed by atoms with van der Waals surface area (Å²) in [6.07, 6.45) is 1.71. The lowest BCUT2D eigenvalue weighted by Gasteiger charge is -2.12. The van der Waals surface area contributed by atoms with E-state index in [0.717, 1.165) is 33.1 Å². The van der Waals surface area contributed by atoms with Gasteiger partial charge in [0.1, 0.15) is 24.7 Å². The molecule has 3 aromatic rings. The summed E-state index contributed by atoms with van der Waals surface area (Å²) in [5, 5.41) is -0.279. The molecule has 0 N–H and O–H groups in total. The molecule has 0 unspecified atom stereocenters. The smallest absolute Gasteiger partial charge is 0.293 e. The van der Waals surface area contributed by atoms with Crippen LogP contribution in [-0.4, -0.2) is 29.3 Å². The Labute approximate surface area is 199 Å². The SMILES string of the molecule is O=C1S/C(=C/c2ccccc2OCCOc2ccccc2)C(=O)N1Cc1ccc(Br)cc1. The normalized spacial score (nSPS) is 14.8. The molecular formula is C25H20BrNO4S. The molecule has 5 nitrogen and oxygen atoms in total. The van der Waals surface area contributed by atoms with E-state index in [1.165, 1.54) is 4.90 Å². The number of nitrogens with zero attached hydrogens (tertiary/aromatic N) is 1. The predicted octanol–water partition coefficient (Wildman–Crippen LogP) is 6.14. The molecule has 0 aromatic heterocycles. The van der Waals surface area contributed by atoms with Crippen molar-refractivity contribution in [2.24, 2.45) is 0 Å². The zero-order chi connectivity index (χ0) is 22.3. The van der Waals surface area contributed by atoms with Gasteiger partial charge in [-0.3, -0.25) is 14.5 Å². The number of thioether (sulfide) groups is 1. The number of hydrogen-bond acceptors (Lipinski definition) is 5. The van der Waals surface area contributed by atoms with Crippen molar-refractivity contribution in [3.8, 4) is 11.5 Å². The number of hydrogen-bond donors (Lipinski definition) is 0. The quantitative estimate of drug-likeness (QED) is 0.269. The van der Waals surface area contributed by atoms with Gasteiger partial charge in [-0.2, -0.15) is 0 Å². The van der Waals surface area contributed by atoms with Crippen molar-refractivity contribution in [2.45, 2.75) is 6.54 Å². The lowest BCUT2D eigenvalue weighted by atomic mass is 10.1. The number of imide groups is 1. The van der Waals surface area contributed by atoms with Crippen LogP contribution in [0.4, 0.5) is 4.79 Å². The first-order valence-corrected chi connectivity index (χ1v) is 11.6. The zero-order valence-electron chi connectivity index (χ0n) is 17.1. The third-order valence-corrected chi connectivity index (χ3v) is 6.12. The van der Waals surface area contributed by atoms with E-state index in [-0.39, 0.29) is 17.7 Å². The molecule has 0 saturated carbocycles. The Morgan fingerprint density at radius 2 is 1.53 bits per heavy atom. The number of benzene rings is 3. The minimum absolute atomic E-state index is 0.240. The molecule has 1 saturated heterocycles. The van der Waals surface area contributed by atoms with Crippen LogP contribution in [0.5, 0.6) is 11.5 Å². The van der Waals surface area contributed by atoms with Crippen molar-refractivity contribution < 1.29 is 19.1 Å². The maximum Gasteiger partial charge on any atom is 0.293 e. The number of amides is 2. The monoisotopic (exact) mass is 509 g/mol. The summed E-state index contributed by atoms with van der Waals surface area (Å²) in [6, 6.07) is 24.5. The summed E-state index contributed by atoms with van der Waals surface area (Å²) in [5.74, 6) is 1.11. The van der Waals surface area contributed by atoms with Crippen LogP contribution >= 0.6 is 27.7 Å². The highest BCUT2D eigenvalue weighted by molar-refractivity contribution is 9.10. The molecule has 162 valence electrons. The van der Waals surface area contributed by atoms with Gasteiger partial charge >= 0.3 is 0 Å². The first-order valence-electron chi connectivity index (χ1n) is 9.99. The molecule has 7 heteroatoms. The largest absolute Gasteiger partial charge is 0.490 e. The second-order valence-electron chi connectivity index (χ2n) is 6.94. The third kappa shape index (κ3) is 5.60. The number of halogens is 1. The van der Waals surface area contributed by atoms with Crippen LogP contribution in [0.15, 0.2) is 88.2 Å². The summed E-state index contributed by atoms with van der Waals surface area (Å²) < 4.78 is 12.5. The first kappa shape index (κ1) is 22.2. The molecule has 0 aliphatic carbocycles. The van der Waals surface area contributed by atoms with Gasteiger partial charge in [0, 0.05) is 10.0 Å². The Kier molecular flexibility index (Phi) is 7.29. The van der Waals surface area contributed by atoms with Gasteiger partial charge < -0.3 is 9.47 Å². The van der Waals surface area contributed by atoms with E-state index in [1.807, 2.05) is 78.9 Å². The van der Waals surface area contributed by atoms with Gasteiger partial charge in [0.15, 0.2) is 0 Å².